The van der Waals surface area contributed by atoms with Crippen LogP contribution < -0.4 is 10.5 Å². The van der Waals surface area contributed by atoms with Gasteiger partial charge in [0, 0.05) is 13.2 Å². The third kappa shape index (κ3) is 3.59. The van der Waals surface area contributed by atoms with E-state index in [4.69, 9.17) is 5.73 Å². The molecule has 0 radical (unpaired) electrons. The zero-order chi connectivity index (χ0) is 15.5. The van der Waals surface area contributed by atoms with Crippen molar-refractivity contribution in [2.24, 2.45) is 12.8 Å². The summed E-state index contributed by atoms with van der Waals surface area (Å²) in [7, 11) is -2.19. The van der Waals surface area contributed by atoms with Gasteiger partial charge in [-0.15, -0.1) is 0 Å². The highest BCUT2D eigenvalue weighted by atomic mass is 32.2. The van der Waals surface area contributed by atoms with E-state index in [-0.39, 0.29) is 22.7 Å². The minimum Gasteiger partial charge on any atom is -0.320 e. The molecule has 0 unspecified atom stereocenters. The number of rotatable bonds is 3. The molecule has 0 aliphatic heterocycles. The molecule has 2 rings (SSSR count). The summed E-state index contributed by atoms with van der Waals surface area (Å²) < 4.78 is 41.5. The lowest BCUT2D eigenvalue weighted by Crippen LogP contribution is -2.12. The van der Waals surface area contributed by atoms with Crippen LogP contribution in [0.15, 0.2) is 35.5 Å². The van der Waals surface area contributed by atoms with Crippen LogP contribution in [-0.2, 0) is 17.1 Å². The van der Waals surface area contributed by atoms with Crippen molar-refractivity contribution < 1.29 is 12.8 Å². The van der Waals surface area contributed by atoms with E-state index < -0.39 is 15.8 Å². The predicted octanol–water partition coefficient (Wildman–Crippen LogP) is 0.670. The highest BCUT2D eigenvalue weighted by Crippen LogP contribution is 2.18. The first-order valence-electron chi connectivity index (χ1n) is 5.92. The van der Waals surface area contributed by atoms with Gasteiger partial charge >= 0.3 is 0 Å². The smallest absolute Gasteiger partial charge is 0.265 e. The minimum atomic E-state index is -3.80. The van der Waals surface area contributed by atoms with Gasteiger partial charge in [0.15, 0.2) is 0 Å². The van der Waals surface area contributed by atoms with Crippen molar-refractivity contribution in [1.82, 2.24) is 9.78 Å². The molecule has 0 saturated heterocycles. The van der Waals surface area contributed by atoms with E-state index in [0.29, 0.717) is 0 Å². The lowest BCUT2D eigenvalue weighted by Gasteiger charge is -2.06. The van der Waals surface area contributed by atoms with Gasteiger partial charge in [0.25, 0.3) is 10.0 Å². The van der Waals surface area contributed by atoms with E-state index in [1.165, 1.54) is 29.2 Å². The van der Waals surface area contributed by atoms with Gasteiger partial charge in [0.1, 0.15) is 10.7 Å². The molecule has 0 saturated carbocycles. The lowest BCUT2D eigenvalue weighted by atomic mass is 10.2. The molecular formula is C13H13FN4O2S. The molecule has 0 aliphatic carbocycles. The van der Waals surface area contributed by atoms with E-state index in [1.807, 2.05) is 0 Å². The number of hydrogen-bond donors (Lipinski definition) is 2. The Kier molecular flexibility index (Phi) is 4.26. The van der Waals surface area contributed by atoms with Gasteiger partial charge in [-0.1, -0.05) is 11.8 Å². The maximum absolute atomic E-state index is 13.8. The maximum atomic E-state index is 13.8. The molecule has 6 nitrogen and oxygen atoms in total. The minimum absolute atomic E-state index is 0.00240. The SMILES string of the molecule is Cn1cc(S(=O)(=O)Nc2ccc(C#CCN)c(F)c2)cn1. The first kappa shape index (κ1) is 15.0. The van der Waals surface area contributed by atoms with E-state index in [2.05, 4.69) is 21.7 Å². The molecule has 0 bridgehead atoms. The Hall–Kier alpha value is -2.37. The Bertz CT molecular complexity index is 818. The molecule has 1 heterocycles. The third-order valence-corrected chi connectivity index (χ3v) is 3.87. The van der Waals surface area contributed by atoms with Gasteiger partial charge in [0.05, 0.1) is 24.0 Å². The Morgan fingerprint density at radius 1 is 1.48 bits per heavy atom. The second-order valence-corrected chi connectivity index (χ2v) is 5.84. The van der Waals surface area contributed by atoms with Crippen molar-refractivity contribution in [3.05, 3.63) is 42.0 Å². The summed E-state index contributed by atoms with van der Waals surface area (Å²) in [6.07, 6.45) is 2.56. The zero-order valence-corrected chi connectivity index (χ0v) is 12.0. The Morgan fingerprint density at radius 3 is 2.81 bits per heavy atom. The first-order valence-corrected chi connectivity index (χ1v) is 7.40. The van der Waals surface area contributed by atoms with Crippen LogP contribution in [0.3, 0.4) is 0 Å². The molecule has 0 spiro atoms. The number of sulfonamides is 1. The van der Waals surface area contributed by atoms with E-state index in [9.17, 15) is 12.8 Å². The van der Waals surface area contributed by atoms with Crippen LogP contribution in [0.2, 0.25) is 0 Å². The van der Waals surface area contributed by atoms with Gasteiger partial charge in [-0.3, -0.25) is 9.40 Å². The largest absolute Gasteiger partial charge is 0.320 e. The topological polar surface area (TPSA) is 90.0 Å². The van der Waals surface area contributed by atoms with Crippen molar-refractivity contribution in [2.75, 3.05) is 11.3 Å². The van der Waals surface area contributed by atoms with Crippen molar-refractivity contribution in [2.45, 2.75) is 4.90 Å². The highest BCUT2D eigenvalue weighted by molar-refractivity contribution is 7.92. The Balaban J connectivity index is 2.26. The number of aryl methyl sites for hydroxylation is 1. The Morgan fingerprint density at radius 2 is 2.24 bits per heavy atom. The van der Waals surface area contributed by atoms with E-state index in [1.54, 1.807) is 7.05 Å². The molecule has 1 aromatic carbocycles. The number of aromatic nitrogens is 2. The van der Waals surface area contributed by atoms with E-state index >= 15 is 0 Å². The maximum Gasteiger partial charge on any atom is 0.265 e. The van der Waals surface area contributed by atoms with Crippen molar-refractivity contribution >= 4 is 15.7 Å². The predicted molar refractivity (Wildman–Crippen MR) is 76.3 cm³/mol. The second kappa shape index (κ2) is 5.95. The molecule has 2 aromatic rings. The van der Waals surface area contributed by atoms with Crippen molar-refractivity contribution in [3.63, 3.8) is 0 Å². The van der Waals surface area contributed by atoms with Gasteiger partial charge < -0.3 is 5.73 Å². The summed E-state index contributed by atoms with van der Waals surface area (Å²) in [5, 5.41) is 3.78. The summed E-state index contributed by atoms with van der Waals surface area (Å²) in [5.41, 5.74) is 5.47. The number of hydrogen-bond acceptors (Lipinski definition) is 4. The first-order chi connectivity index (χ1) is 9.92. The molecule has 0 atom stereocenters. The third-order valence-electron chi connectivity index (χ3n) is 2.54. The Labute approximate surface area is 121 Å². The zero-order valence-electron chi connectivity index (χ0n) is 11.2. The summed E-state index contributed by atoms with van der Waals surface area (Å²) in [6.45, 7) is 0.120. The number of nitrogens with zero attached hydrogens (tertiary/aromatic N) is 2. The number of nitrogens with one attached hydrogen (secondary N) is 1. The van der Waals surface area contributed by atoms with Crippen LogP contribution in [0.1, 0.15) is 5.56 Å². The van der Waals surface area contributed by atoms with Crippen molar-refractivity contribution in [3.8, 4) is 11.8 Å². The van der Waals surface area contributed by atoms with E-state index in [0.717, 1.165) is 6.07 Å². The average Bonchev–Trinajstić information content (AvgIpc) is 2.85. The van der Waals surface area contributed by atoms with Crippen molar-refractivity contribution in [1.29, 1.82) is 0 Å². The highest BCUT2D eigenvalue weighted by Gasteiger charge is 2.16. The lowest BCUT2D eigenvalue weighted by molar-refractivity contribution is 0.601. The molecule has 0 fully saturated rings. The van der Waals surface area contributed by atoms with Crippen LogP contribution in [0, 0.1) is 17.7 Å². The standard InChI is InChI=1S/C13H13FN4O2S/c1-18-9-12(8-16-18)21(19,20)17-11-5-4-10(3-2-6-15)13(14)7-11/h4-5,7-9,17H,6,15H2,1H3. The average molecular weight is 308 g/mol. The molecule has 0 amide bonds. The molecule has 1 aromatic heterocycles. The summed E-state index contributed by atoms with van der Waals surface area (Å²) >= 11 is 0. The molecule has 21 heavy (non-hydrogen) atoms. The number of anilines is 1. The monoisotopic (exact) mass is 308 g/mol. The summed E-state index contributed by atoms with van der Waals surface area (Å²) in [5.74, 6) is 4.46. The second-order valence-electron chi connectivity index (χ2n) is 4.16. The van der Waals surface area contributed by atoms with Crippen LogP contribution in [0.4, 0.5) is 10.1 Å². The molecule has 8 heteroatoms. The molecule has 0 aliphatic rings. The van der Waals surface area contributed by atoms with Gasteiger partial charge in [-0.2, -0.15) is 5.10 Å². The molecule has 110 valence electrons. The molecule has 3 N–H and O–H groups in total. The number of halogens is 1. The van der Waals surface area contributed by atoms with Crippen LogP contribution in [0.25, 0.3) is 0 Å². The van der Waals surface area contributed by atoms with Crippen LogP contribution in [-0.4, -0.2) is 24.7 Å². The number of nitrogens with two attached hydrogens (primary N) is 1. The summed E-state index contributed by atoms with van der Waals surface area (Å²) in [6, 6.07) is 3.88. The van der Waals surface area contributed by atoms with Crippen LogP contribution >= 0.6 is 0 Å². The molecular weight excluding hydrogens is 295 g/mol. The fourth-order valence-corrected chi connectivity index (χ4v) is 2.61. The normalized spacial score (nSPS) is 10.8. The van der Waals surface area contributed by atoms with Gasteiger partial charge in [-0.05, 0) is 18.2 Å². The quantitative estimate of drug-likeness (QED) is 0.816. The number of benzene rings is 1. The summed E-state index contributed by atoms with van der Waals surface area (Å²) in [4.78, 5) is -0.00240. The fourth-order valence-electron chi connectivity index (χ4n) is 1.58. The van der Waals surface area contributed by atoms with Gasteiger partial charge in [-0.25, -0.2) is 12.8 Å². The van der Waals surface area contributed by atoms with Gasteiger partial charge in [0.2, 0.25) is 0 Å². The van der Waals surface area contributed by atoms with Crippen LogP contribution in [0.5, 0.6) is 0 Å². The fraction of sp³-hybridized carbons (Fsp3) is 0.154.